The third kappa shape index (κ3) is 3.40. The molecule has 88 valence electrons. The first kappa shape index (κ1) is 12.8. The van der Waals surface area contributed by atoms with E-state index in [2.05, 4.69) is 5.32 Å². The second-order valence-electron chi connectivity index (χ2n) is 3.54. The third-order valence-corrected chi connectivity index (χ3v) is 2.56. The van der Waals surface area contributed by atoms with Crippen LogP contribution >= 0.6 is 11.6 Å². The van der Waals surface area contributed by atoms with Crippen LogP contribution in [0.2, 0.25) is 5.02 Å². The third-order valence-electron chi connectivity index (χ3n) is 2.26. The average molecular weight is 243 g/mol. The number of nitrogens with two attached hydrogens (primary N) is 1. The van der Waals surface area contributed by atoms with Crippen LogP contribution in [0.25, 0.3) is 0 Å². The summed E-state index contributed by atoms with van der Waals surface area (Å²) < 4.78 is 0. The number of phenols is 1. The lowest BCUT2D eigenvalue weighted by atomic mass is 10.2. The first-order chi connectivity index (χ1) is 7.54. The predicted octanol–water partition coefficient (Wildman–Crippen LogP) is 1.51. The van der Waals surface area contributed by atoms with Gasteiger partial charge < -0.3 is 16.2 Å². The van der Waals surface area contributed by atoms with Crippen molar-refractivity contribution in [3.8, 4) is 5.75 Å². The van der Waals surface area contributed by atoms with Gasteiger partial charge in [0, 0.05) is 18.2 Å². The van der Waals surface area contributed by atoms with Gasteiger partial charge in [-0.15, -0.1) is 0 Å². The van der Waals surface area contributed by atoms with Crippen molar-refractivity contribution in [1.82, 2.24) is 5.32 Å². The molecule has 0 heterocycles. The molecule has 0 spiro atoms. The minimum atomic E-state index is -0.245. The van der Waals surface area contributed by atoms with E-state index in [9.17, 15) is 9.90 Å². The molecule has 4 N–H and O–H groups in total. The Labute approximate surface area is 99.4 Å². The van der Waals surface area contributed by atoms with Crippen molar-refractivity contribution in [3.05, 3.63) is 28.8 Å². The van der Waals surface area contributed by atoms with Gasteiger partial charge >= 0.3 is 0 Å². The maximum Gasteiger partial charge on any atom is 0.251 e. The van der Waals surface area contributed by atoms with E-state index in [1.807, 2.05) is 6.92 Å². The minimum absolute atomic E-state index is 0.0384. The summed E-state index contributed by atoms with van der Waals surface area (Å²) in [6.45, 7) is 2.38. The van der Waals surface area contributed by atoms with Crippen molar-refractivity contribution in [1.29, 1.82) is 0 Å². The van der Waals surface area contributed by atoms with E-state index in [4.69, 9.17) is 17.3 Å². The molecule has 0 saturated heterocycles. The zero-order valence-electron chi connectivity index (χ0n) is 9.03. The van der Waals surface area contributed by atoms with Gasteiger partial charge in [0.1, 0.15) is 5.75 Å². The van der Waals surface area contributed by atoms with Gasteiger partial charge in [0.2, 0.25) is 0 Å². The fourth-order valence-corrected chi connectivity index (χ4v) is 1.30. The average Bonchev–Trinajstić information content (AvgIpc) is 2.29. The second kappa shape index (κ2) is 5.72. The van der Waals surface area contributed by atoms with Crippen LogP contribution in [-0.4, -0.2) is 23.6 Å². The van der Waals surface area contributed by atoms with E-state index in [1.54, 1.807) is 0 Å². The lowest BCUT2D eigenvalue weighted by Crippen LogP contribution is -2.36. The molecule has 1 unspecified atom stereocenters. The second-order valence-corrected chi connectivity index (χ2v) is 3.95. The Bertz CT molecular complexity index is 382. The molecule has 1 amide bonds. The number of rotatable bonds is 4. The molecule has 0 saturated carbocycles. The van der Waals surface area contributed by atoms with Gasteiger partial charge in [-0.05, 0) is 24.6 Å². The van der Waals surface area contributed by atoms with Crippen LogP contribution in [0.4, 0.5) is 0 Å². The molecule has 16 heavy (non-hydrogen) atoms. The van der Waals surface area contributed by atoms with Gasteiger partial charge in [-0.25, -0.2) is 0 Å². The normalized spacial score (nSPS) is 12.2. The van der Waals surface area contributed by atoms with Crippen molar-refractivity contribution >= 4 is 17.5 Å². The van der Waals surface area contributed by atoms with Crippen molar-refractivity contribution in [2.24, 2.45) is 5.73 Å². The monoisotopic (exact) mass is 242 g/mol. The Morgan fingerprint density at radius 2 is 2.31 bits per heavy atom. The van der Waals surface area contributed by atoms with Crippen molar-refractivity contribution in [3.63, 3.8) is 0 Å². The smallest absolute Gasteiger partial charge is 0.251 e. The number of halogens is 1. The molecule has 1 rings (SSSR count). The maximum absolute atomic E-state index is 11.6. The van der Waals surface area contributed by atoms with E-state index in [1.165, 1.54) is 18.2 Å². The SMILES string of the molecule is CCC(N)CNC(=O)c1ccc(O)c(Cl)c1. The zero-order chi connectivity index (χ0) is 12.1. The number of benzene rings is 1. The fourth-order valence-electron chi connectivity index (χ4n) is 1.12. The van der Waals surface area contributed by atoms with Crippen LogP contribution in [0.5, 0.6) is 5.75 Å². The molecule has 1 atom stereocenters. The largest absolute Gasteiger partial charge is 0.506 e. The molecular weight excluding hydrogens is 228 g/mol. The Morgan fingerprint density at radius 3 is 2.88 bits per heavy atom. The number of carbonyl (C=O) groups is 1. The van der Waals surface area contributed by atoms with Crippen LogP contribution in [0.15, 0.2) is 18.2 Å². The molecule has 1 aromatic carbocycles. The maximum atomic E-state index is 11.6. The topological polar surface area (TPSA) is 75.3 Å². The summed E-state index contributed by atoms with van der Waals surface area (Å²) in [5, 5.41) is 12.0. The number of amides is 1. The van der Waals surface area contributed by atoms with Crippen LogP contribution < -0.4 is 11.1 Å². The zero-order valence-corrected chi connectivity index (χ0v) is 9.79. The van der Waals surface area contributed by atoms with E-state index in [-0.39, 0.29) is 22.7 Å². The van der Waals surface area contributed by atoms with Gasteiger partial charge in [-0.3, -0.25) is 4.79 Å². The van der Waals surface area contributed by atoms with Crippen LogP contribution in [-0.2, 0) is 0 Å². The molecule has 0 fully saturated rings. The highest BCUT2D eigenvalue weighted by Gasteiger charge is 2.09. The Balaban J connectivity index is 2.63. The van der Waals surface area contributed by atoms with Crippen LogP contribution in [0, 0.1) is 0 Å². The molecular formula is C11H15ClN2O2. The van der Waals surface area contributed by atoms with E-state index >= 15 is 0 Å². The van der Waals surface area contributed by atoms with Crippen LogP contribution in [0.1, 0.15) is 23.7 Å². The van der Waals surface area contributed by atoms with E-state index in [0.29, 0.717) is 12.1 Å². The predicted molar refractivity (Wildman–Crippen MR) is 63.7 cm³/mol. The summed E-state index contributed by atoms with van der Waals surface area (Å²) >= 11 is 5.69. The first-order valence-electron chi connectivity index (χ1n) is 5.07. The Kier molecular flexibility index (Phi) is 4.58. The molecule has 0 bridgehead atoms. The fraction of sp³-hybridized carbons (Fsp3) is 0.364. The Hall–Kier alpha value is -1.26. The number of carbonyl (C=O) groups excluding carboxylic acids is 1. The Morgan fingerprint density at radius 1 is 1.62 bits per heavy atom. The van der Waals surface area contributed by atoms with Gasteiger partial charge in [0.25, 0.3) is 5.91 Å². The number of nitrogens with one attached hydrogen (secondary N) is 1. The lowest BCUT2D eigenvalue weighted by Gasteiger charge is -2.10. The summed E-state index contributed by atoms with van der Waals surface area (Å²) in [7, 11) is 0. The van der Waals surface area contributed by atoms with Gasteiger partial charge in [0.15, 0.2) is 0 Å². The quantitative estimate of drug-likeness (QED) is 0.749. The molecule has 0 aromatic heterocycles. The van der Waals surface area contributed by atoms with Gasteiger partial charge in [-0.1, -0.05) is 18.5 Å². The molecule has 0 radical (unpaired) electrons. The number of phenolic OH excluding ortho intramolecular Hbond substituents is 1. The van der Waals surface area contributed by atoms with Crippen molar-refractivity contribution in [2.75, 3.05) is 6.54 Å². The summed E-state index contributed by atoms with van der Waals surface area (Å²) in [4.78, 5) is 11.6. The van der Waals surface area contributed by atoms with E-state index in [0.717, 1.165) is 6.42 Å². The highest BCUT2D eigenvalue weighted by molar-refractivity contribution is 6.32. The number of aromatic hydroxyl groups is 1. The summed E-state index contributed by atoms with van der Waals surface area (Å²) in [6, 6.07) is 4.27. The molecule has 1 aromatic rings. The first-order valence-corrected chi connectivity index (χ1v) is 5.44. The highest BCUT2D eigenvalue weighted by Crippen LogP contribution is 2.23. The highest BCUT2D eigenvalue weighted by atomic mass is 35.5. The summed E-state index contributed by atoms with van der Waals surface area (Å²) in [5.74, 6) is -0.283. The van der Waals surface area contributed by atoms with Crippen molar-refractivity contribution in [2.45, 2.75) is 19.4 Å². The van der Waals surface area contributed by atoms with Gasteiger partial charge in [0.05, 0.1) is 5.02 Å². The van der Waals surface area contributed by atoms with E-state index < -0.39 is 0 Å². The summed E-state index contributed by atoms with van der Waals surface area (Å²) in [5.41, 5.74) is 6.08. The van der Waals surface area contributed by atoms with Gasteiger partial charge in [-0.2, -0.15) is 0 Å². The molecule has 0 aliphatic rings. The molecule has 0 aliphatic heterocycles. The number of hydrogen-bond donors (Lipinski definition) is 3. The molecule has 4 nitrogen and oxygen atoms in total. The van der Waals surface area contributed by atoms with Crippen LogP contribution in [0.3, 0.4) is 0 Å². The van der Waals surface area contributed by atoms with Crippen molar-refractivity contribution < 1.29 is 9.90 Å². The summed E-state index contributed by atoms with van der Waals surface area (Å²) in [6.07, 6.45) is 0.802. The minimum Gasteiger partial charge on any atom is -0.506 e. The molecule has 0 aliphatic carbocycles. The number of hydrogen-bond acceptors (Lipinski definition) is 3. The lowest BCUT2D eigenvalue weighted by molar-refractivity contribution is 0.0951. The molecule has 5 heteroatoms. The standard InChI is InChI=1S/C11H15ClN2O2/c1-2-8(13)6-14-11(16)7-3-4-10(15)9(12)5-7/h3-5,8,15H,2,6,13H2,1H3,(H,14,16).